The van der Waals surface area contributed by atoms with Crippen LogP contribution in [0.25, 0.3) is 0 Å². The van der Waals surface area contributed by atoms with Crippen molar-refractivity contribution in [2.45, 2.75) is 19.9 Å². The summed E-state index contributed by atoms with van der Waals surface area (Å²) in [5, 5.41) is 3.31. The van der Waals surface area contributed by atoms with Crippen molar-refractivity contribution in [3.8, 4) is 0 Å². The van der Waals surface area contributed by atoms with E-state index in [0.717, 1.165) is 36.7 Å². The van der Waals surface area contributed by atoms with Crippen molar-refractivity contribution in [1.29, 1.82) is 0 Å². The summed E-state index contributed by atoms with van der Waals surface area (Å²) in [4.78, 5) is 7.03. The summed E-state index contributed by atoms with van der Waals surface area (Å²) >= 11 is 0. The minimum absolute atomic E-state index is 0.780. The molecule has 2 aromatic heterocycles. The highest BCUT2D eigenvalue weighted by Gasteiger charge is 1.98. The fourth-order valence-corrected chi connectivity index (χ4v) is 1.44. The lowest BCUT2D eigenvalue weighted by atomic mass is 10.3. The zero-order valence-electron chi connectivity index (χ0n) is 8.79. The smallest absolute Gasteiger partial charge is 0.117 e. The number of aryl methyl sites for hydroxylation is 1. The summed E-state index contributed by atoms with van der Waals surface area (Å²) in [7, 11) is 0. The molecule has 15 heavy (non-hydrogen) atoms. The molecule has 0 amide bonds. The van der Waals surface area contributed by atoms with Crippen LogP contribution in [0.2, 0.25) is 0 Å². The molecule has 0 aromatic carbocycles. The normalized spacial score (nSPS) is 10.7. The Kier molecular flexibility index (Phi) is 3.19. The molecule has 0 spiro atoms. The van der Waals surface area contributed by atoms with E-state index in [2.05, 4.69) is 15.3 Å². The maximum atomic E-state index is 5.44. The molecule has 4 nitrogen and oxygen atoms in total. The predicted molar refractivity (Wildman–Crippen MR) is 57.4 cm³/mol. The van der Waals surface area contributed by atoms with E-state index in [1.165, 1.54) is 0 Å². The SMILES string of the molecule is Cc1ccc(CNCCc2cnc[nH]2)o1. The van der Waals surface area contributed by atoms with Crippen LogP contribution in [0.4, 0.5) is 0 Å². The molecule has 4 heteroatoms. The van der Waals surface area contributed by atoms with Gasteiger partial charge in [-0.1, -0.05) is 0 Å². The van der Waals surface area contributed by atoms with Crippen LogP contribution >= 0.6 is 0 Å². The maximum Gasteiger partial charge on any atom is 0.117 e. The molecule has 0 fully saturated rings. The molecule has 0 atom stereocenters. The number of nitrogens with zero attached hydrogens (tertiary/aromatic N) is 1. The first-order chi connectivity index (χ1) is 7.34. The lowest BCUT2D eigenvalue weighted by molar-refractivity contribution is 0.462. The van der Waals surface area contributed by atoms with Gasteiger partial charge >= 0.3 is 0 Å². The Morgan fingerprint density at radius 3 is 3.07 bits per heavy atom. The van der Waals surface area contributed by atoms with E-state index in [1.807, 2.05) is 25.3 Å². The summed E-state index contributed by atoms with van der Waals surface area (Å²) in [5.41, 5.74) is 1.15. The van der Waals surface area contributed by atoms with Gasteiger partial charge in [-0.15, -0.1) is 0 Å². The Morgan fingerprint density at radius 2 is 2.40 bits per heavy atom. The second-order valence-corrected chi connectivity index (χ2v) is 3.52. The highest BCUT2D eigenvalue weighted by molar-refractivity contribution is 5.05. The molecule has 0 radical (unpaired) electrons. The van der Waals surface area contributed by atoms with E-state index >= 15 is 0 Å². The minimum Gasteiger partial charge on any atom is -0.465 e. The van der Waals surface area contributed by atoms with Crippen molar-refractivity contribution < 1.29 is 4.42 Å². The zero-order valence-corrected chi connectivity index (χ0v) is 8.79. The van der Waals surface area contributed by atoms with Gasteiger partial charge in [-0.3, -0.25) is 0 Å². The monoisotopic (exact) mass is 205 g/mol. The van der Waals surface area contributed by atoms with Crippen molar-refractivity contribution in [3.05, 3.63) is 41.9 Å². The van der Waals surface area contributed by atoms with E-state index in [1.54, 1.807) is 6.33 Å². The standard InChI is InChI=1S/C11H15N3O/c1-9-2-3-11(15-9)7-12-5-4-10-6-13-8-14-10/h2-3,6,8,12H,4-5,7H2,1H3,(H,13,14). The molecule has 0 saturated carbocycles. The molecule has 0 aliphatic heterocycles. The van der Waals surface area contributed by atoms with Crippen LogP contribution < -0.4 is 5.32 Å². The van der Waals surface area contributed by atoms with Gasteiger partial charge < -0.3 is 14.7 Å². The van der Waals surface area contributed by atoms with E-state index < -0.39 is 0 Å². The molecule has 0 aliphatic carbocycles. The summed E-state index contributed by atoms with van der Waals surface area (Å²) < 4.78 is 5.44. The highest BCUT2D eigenvalue weighted by Crippen LogP contribution is 2.05. The zero-order chi connectivity index (χ0) is 10.5. The molecule has 2 heterocycles. The third-order valence-corrected chi connectivity index (χ3v) is 2.22. The van der Waals surface area contributed by atoms with Crippen LogP contribution in [0, 0.1) is 6.92 Å². The van der Waals surface area contributed by atoms with Gasteiger partial charge in [0.05, 0.1) is 12.9 Å². The molecule has 2 aromatic rings. The van der Waals surface area contributed by atoms with Gasteiger partial charge in [0.1, 0.15) is 11.5 Å². The first-order valence-corrected chi connectivity index (χ1v) is 5.08. The van der Waals surface area contributed by atoms with Crippen molar-refractivity contribution >= 4 is 0 Å². The number of rotatable bonds is 5. The number of aromatic nitrogens is 2. The summed E-state index contributed by atoms with van der Waals surface area (Å²) in [5.74, 6) is 1.94. The molecule has 0 bridgehead atoms. The van der Waals surface area contributed by atoms with Crippen molar-refractivity contribution in [1.82, 2.24) is 15.3 Å². The van der Waals surface area contributed by atoms with Crippen molar-refractivity contribution in [2.75, 3.05) is 6.54 Å². The average molecular weight is 205 g/mol. The summed E-state index contributed by atoms with van der Waals surface area (Å²) in [6.07, 6.45) is 4.50. The first-order valence-electron chi connectivity index (χ1n) is 5.08. The van der Waals surface area contributed by atoms with Crippen LogP contribution in [0.15, 0.2) is 29.1 Å². The quantitative estimate of drug-likeness (QED) is 0.730. The fraction of sp³-hybridized carbons (Fsp3) is 0.364. The van der Waals surface area contributed by atoms with E-state index in [4.69, 9.17) is 4.42 Å². The summed E-state index contributed by atoms with van der Waals surface area (Å²) in [6.45, 7) is 3.65. The Morgan fingerprint density at radius 1 is 1.47 bits per heavy atom. The number of nitrogens with one attached hydrogen (secondary N) is 2. The van der Waals surface area contributed by atoms with Crippen LogP contribution in [-0.4, -0.2) is 16.5 Å². The van der Waals surface area contributed by atoms with Gasteiger partial charge in [-0.2, -0.15) is 0 Å². The molecular formula is C11H15N3O. The van der Waals surface area contributed by atoms with Gasteiger partial charge in [-0.05, 0) is 19.1 Å². The van der Waals surface area contributed by atoms with Gasteiger partial charge in [0.25, 0.3) is 0 Å². The van der Waals surface area contributed by atoms with Crippen molar-refractivity contribution in [2.24, 2.45) is 0 Å². The Bertz CT molecular complexity index is 392. The van der Waals surface area contributed by atoms with Crippen LogP contribution in [0.5, 0.6) is 0 Å². The van der Waals surface area contributed by atoms with E-state index in [9.17, 15) is 0 Å². The molecule has 0 unspecified atom stereocenters. The second kappa shape index (κ2) is 4.79. The lowest BCUT2D eigenvalue weighted by Crippen LogP contribution is -2.16. The first kappa shape index (κ1) is 9.98. The predicted octanol–water partition coefficient (Wildman–Crippen LogP) is 1.64. The number of aromatic amines is 1. The van der Waals surface area contributed by atoms with E-state index in [0.29, 0.717) is 0 Å². The third-order valence-electron chi connectivity index (χ3n) is 2.22. The van der Waals surface area contributed by atoms with Crippen LogP contribution in [0.1, 0.15) is 17.2 Å². The Balaban J connectivity index is 1.67. The van der Waals surface area contributed by atoms with E-state index in [-0.39, 0.29) is 0 Å². The summed E-state index contributed by atoms with van der Waals surface area (Å²) in [6, 6.07) is 3.98. The molecule has 0 saturated heterocycles. The lowest BCUT2D eigenvalue weighted by Gasteiger charge is -2.00. The molecular weight excluding hydrogens is 190 g/mol. The Labute approximate surface area is 88.7 Å². The Hall–Kier alpha value is -1.55. The third kappa shape index (κ3) is 2.95. The van der Waals surface area contributed by atoms with Crippen LogP contribution in [-0.2, 0) is 13.0 Å². The largest absolute Gasteiger partial charge is 0.465 e. The number of imidazole rings is 1. The topological polar surface area (TPSA) is 53.9 Å². The van der Waals surface area contributed by atoms with Crippen LogP contribution in [0.3, 0.4) is 0 Å². The van der Waals surface area contributed by atoms with Gasteiger partial charge in [0, 0.05) is 24.9 Å². The average Bonchev–Trinajstić information content (AvgIpc) is 2.84. The maximum absolute atomic E-state index is 5.44. The van der Waals surface area contributed by atoms with Crippen molar-refractivity contribution in [3.63, 3.8) is 0 Å². The second-order valence-electron chi connectivity index (χ2n) is 3.52. The number of H-pyrrole nitrogens is 1. The fourth-order valence-electron chi connectivity index (χ4n) is 1.44. The van der Waals surface area contributed by atoms with Gasteiger partial charge in [-0.25, -0.2) is 4.98 Å². The molecule has 0 aliphatic rings. The number of hydrogen-bond donors (Lipinski definition) is 2. The number of hydrogen-bond acceptors (Lipinski definition) is 3. The number of furan rings is 1. The van der Waals surface area contributed by atoms with Gasteiger partial charge in [0.15, 0.2) is 0 Å². The molecule has 80 valence electrons. The highest BCUT2D eigenvalue weighted by atomic mass is 16.3. The minimum atomic E-state index is 0.780. The molecule has 2 rings (SSSR count). The van der Waals surface area contributed by atoms with Gasteiger partial charge in [0.2, 0.25) is 0 Å². The molecule has 2 N–H and O–H groups in total.